The average Bonchev–Trinajstić information content (AvgIpc) is 2.85. The van der Waals surface area contributed by atoms with Crippen LogP contribution in [-0.4, -0.2) is 94.4 Å². The highest BCUT2D eigenvalue weighted by Crippen LogP contribution is 2.24. The van der Waals surface area contributed by atoms with Gasteiger partial charge in [-0.05, 0) is 41.6 Å². The molecule has 36 heavy (non-hydrogen) atoms. The summed E-state index contributed by atoms with van der Waals surface area (Å²) in [5.74, 6) is -2.51. The van der Waals surface area contributed by atoms with Crippen LogP contribution >= 0.6 is 0 Å². The molecule has 0 atom stereocenters. The molecule has 0 aromatic heterocycles. The van der Waals surface area contributed by atoms with Crippen molar-refractivity contribution < 1.29 is 24.9 Å². The highest BCUT2D eigenvalue weighted by molar-refractivity contribution is 5.89. The topological polar surface area (TPSA) is 105 Å². The van der Waals surface area contributed by atoms with Crippen molar-refractivity contribution in [2.24, 2.45) is 0 Å². The number of carbonyl (C=O) groups is 2. The van der Waals surface area contributed by atoms with Gasteiger partial charge in [-0.15, -0.1) is 0 Å². The van der Waals surface area contributed by atoms with Gasteiger partial charge in [-0.25, -0.2) is 9.59 Å². The van der Waals surface area contributed by atoms with E-state index < -0.39 is 11.9 Å². The zero-order valence-electron chi connectivity index (χ0n) is 20.8. The maximum atomic E-state index is 9.55. The molecule has 194 valence electrons. The third-order valence-corrected chi connectivity index (χ3v) is 6.60. The van der Waals surface area contributed by atoms with E-state index in [-0.39, 0.29) is 6.61 Å². The standard InChI is InChI=1S/C24H33N3O.C4H4O4/c28-17-16-26-14-12-25(13-15-26)10-5-11-27-19-23-8-3-1-6-21(23)18-22-7-2-4-9-24(22)20-27;5-3(6)1-2-4(7)8/h1-4,6-9,28H,5,10-20H2;1-2H,(H,5,6)(H,7,8)/b;2-1-. The van der Waals surface area contributed by atoms with E-state index in [0.717, 1.165) is 58.8 Å². The zero-order valence-corrected chi connectivity index (χ0v) is 20.8. The number of aliphatic carboxylic acids is 2. The molecule has 1 fully saturated rings. The van der Waals surface area contributed by atoms with Gasteiger partial charge >= 0.3 is 11.9 Å². The third kappa shape index (κ3) is 9.20. The highest BCUT2D eigenvalue weighted by Gasteiger charge is 2.18. The largest absolute Gasteiger partial charge is 0.478 e. The summed E-state index contributed by atoms with van der Waals surface area (Å²) in [6.45, 7) is 9.95. The maximum absolute atomic E-state index is 9.55. The SMILES string of the molecule is O=C(O)/C=C\C(=O)O.OCCN1CCN(CCCN2Cc3ccccc3Cc3ccccc3C2)CC1. The number of carboxylic acids is 2. The lowest BCUT2D eigenvalue weighted by atomic mass is 9.93. The molecule has 2 aromatic carbocycles. The molecule has 8 nitrogen and oxygen atoms in total. The van der Waals surface area contributed by atoms with E-state index >= 15 is 0 Å². The second kappa shape index (κ2) is 14.5. The predicted molar refractivity (Wildman–Crippen MR) is 139 cm³/mol. The van der Waals surface area contributed by atoms with Crippen LogP contribution in [0.3, 0.4) is 0 Å². The summed E-state index contributed by atoms with van der Waals surface area (Å²) in [6, 6.07) is 17.9. The molecule has 1 saturated heterocycles. The number of carboxylic acid groups (broad SMARTS) is 2. The van der Waals surface area contributed by atoms with Crippen LogP contribution in [0.5, 0.6) is 0 Å². The summed E-state index contributed by atoms with van der Waals surface area (Å²) in [5.41, 5.74) is 5.91. The first kappa shape index (κ1) is 27.5. The third-order valence-electron chi connectivity index (χ3n) is 6.60. The Balaban J connectivity index is 0.000000392. The number of rotatable bonds is 8. The Morgan fingerprint density at radius 1 is 0.667 bits per heavy atom. The number of benzene rings is 2. The summed E-state index contributed by atoms with van der Waals surface area (Å²) in [5, 5.41) is 24.7. The summed E-state index contributed by atoms with van der Waals surface area (Å²) in [4.78, 5) is 26.7. The van der Waals surface area contributed by atoms with Crippen molar-refractivity contribution >= 4 is 11.9 Å². The Morgan fingerprint density at radius 3 is 1.53 bits per heavy atom. The number of hydrogen-bond donors (Lipinski definition) is 3. The molecule has 2 aromatic rings. The fourth-order valence-electron chi connectivity index (χ4n) is 4.71. The first-order valence-electron chi connectivity index (χ1n) is 12.5. The van der Waals surface area contributed by atoms with Crippen LogP contribution in [0, 0.1) is 0 Å². The van der Waals surface area contributed by atoms with Crippen LogP contribution in [0.1, 0.15) is 28.7 Å². The summed E-state index contributed by atoms with van der Waals surface area (Å²) < 4.78 is 0. The zero-order chi connectivity index (χ0) is 25.8. The van der Waals surface area contributed by atoms with Gasteiger partial charge in [0.1, 0.15) is 0 Å². The Bertz CT molecular complexity index is 954. The molecule has 0 spiro atoms. The highest BCUT2D eigenvalue weighted by atomic mass is 16.4. The van der Waals surface area contributed by atoms with Gasteiger partial charge in [-0.3, -0.25) is 9.80 Å². The van der Waals surface area contributed by atoms with Gasteiger partial charge in [0.15, 0.2) is 0 Å². The van der Waals surface area contributed by atoms with Crippen LogP contribution in [0.2, 0.25) is 0 Å². The molecule has 2 aliphatic rings. The number of fused-ring (bicyclic) bond motifs is 2. The number of aliphatic hydroxyl groups is 1. The lowest BCUT2D eigenvalue weighted by Gasteiger charge is -2.35. The smallest absolute Gasteiger partial charge is 0.328 e. The maximum Gasteiger partial charge on any atom is 0.328 e. The predicted octanol–water partition coefficient (Wildman–Crippen LogP) is 2.30. The average molecular weight is 496 g/mol. The Labute approximate surface area is 213 Å². The lowest BCUT2D eigenvalue weighted by Crippen LogP contribution is -2.47. The molecule has 8 heteroatoms. The van der Waals surface area contributed by atoms with E-state index in [1.807, 2.05) is 0 Å². The molecule has 3 N–H and O–H groups in total. The van der Waals surface area contributed by atoms with Crippen LogP contribution < -0.4 is 0 Å². The van der Waals surface area contributed by atoms with Gasteiger partial charge in [-0.1, -0.05) is 48.5 Å². The molecule has 0 aliphatic carbocycles. The van der Waals surface area contributed by atoms with E-state index in [9.17, 15) is 9.59 Å². The Kier molecular flexibility index (Phi) is 11.1. The van der Waals surface area contributed by atoms with Crippen molar-refractivity contribution in [3.63, 3.8) is 0 Å². The Morgan fingerprint density at radius 2 is 1.08 bits per heavy atom. The second-order valence-corrected chi connectivity index (χ2v) is 9.20. The van der Waals surface area contributed by atoms with E-state index in [2.05, 4.69) is 63.2 Å². The van der Waals surface area contributed by atoms with E-state index in [1.165, 1.54) is 35.2 Å². The van der Waals surface area contributed by atoms with E-state index in [4.69, 9.17) is 15.3 Å². The van der Waals surface area contributed by atoms with Crippen LogP contribution in [0.25, 0.3) is 0 Å². The Hall–Kier alpha value is -3.04. The van der Waals surface area contributed by atoms with Crippen LogP contribution in [-0.2, 0) is 29.1 Å². The second-order valence-electron chi connectivity index (χ2n) is 9.20. The van der Waals surface area contributed by atoms with Crippen molar-refractivity contribution in [2.45, 2.75) is 25.9 Å². The fourth-order valence-corrected chi connectivity index (χ4v) is 4.71. The van der Waals surface area contributed by atoms with Gasteiger partial charge < -0.3 is 20.2 Å². The van der Waals surface area contributed by atoms with Crippen molar-refractivity contribution in [1.29, 1.82) is 0 Å². The number of piperazine rings is 1. The summed E-state index contributed by atoms with van der Waals surface area (Å²) >= 11 is 0. The monoisotopic (exact) mass is 495 g/mol. The van der Waals surface area contributed by atoms with Crippen molar-refractivity contribution in [2.75, 3.05) is 52.4 Å². The number of β-amino-alcohol motifs (C(OH)–C–C–N with tert-alkyl or cyclic N) is 1. The minimum absolute atomic E-state index is 0.276. The first-order valence-corrected chi connectivity index (χ1v) is 12.5. The van der Waals surface area contributed by atoms with Gasteiger partial charge in [0.25, 0.3) is 0 Å². The number of nitrogens with zero attached hydrogens (tertiary/aromatic N) is 3. The van der Waals surface area contributed by atoms with Gasteiger partial charge in [0.05, 0.1) is 6.61 Å². The summed E-state index contributed by atoms with van der Waals surface area (Å²) in [6.07, 6.45) is 3.38. The van der Waals surface area contributed by atoms with E-state index in [0.29, 0.717) is 12.2 Å². The molecular weight excluding hydrogens is 458 g/mol. The minimum Gasteiger partial charge on any atom is -0.478 e. The van der Waals surface area contributed by atoms with Crippen LogP contribution in [0.15, 0.2) is 60.7 Å². The molecule has 0 saturated carbocycles. The number of hydrogen-bond acceptors (Lipinski definition) is 6. The normalized spacial score (nSPS) is 16.8. The molecular formula is C28H37N3O5. The van der Waals surface area contributed by atoms with E-state index in [1.54, 1.807) is 0 Å². The quantitative estimate of drug-likeness (QED) is 0.480. The molecule has 2 aliphatic heterocycles. The van der Waals surface area contributed by atoms with Gasteiger partial charge in [-0.2, -0.15) is 0 Å². The van der Waals surface area contributed by atoms with Crippen molar-refractivity contribution in [3.05, 3.63) is 82.9 Å². The molecule has 0 radical (unpaired) electrons. The van der Waals surface area contributed by atoms with Gasteiger partial charge in [0.2, 0.25) is 0 Å². The molecule has 0 amide bonds. The summed E-state index contributed by atoms with van der Waals surface area (Å²) in [7, 11) is 0. The minimum atomic E-state index is -1.26. The van der Waals surface area contributed by atoms with Crippen molar-refractivity contribution in [3.8, 4) is 0 Å². The molecule has 0 bridgehead atoms. The van der Waals surface area contributed by atoms with Crippen molar-refractivity contribution in [1.82, 2.24) is 14.7 Å². The molecule has 4 rings (SSSR count). The molecule has 2 heterocycles. The number of aliphatic hydroxyl groups excluding tert-OH is 1. The lowest BCUT2D eigenvalue weighted by molar-refractivity contribution is -0.134. The fraction of sp³-hybridized carbons (Fsp3) is 0.429. The van der Waals surface area contributed by atoms with Gasteiger partial charge in [0, 0.05) is 64.5 Å². The molecule has 0 unspecified atom stereocenters. The first-order chi connectivity index (χ1) is 17.4. The van der Waals surface area contributed by atoms with Crippen LogP contribution in [0.4, 0.5) is 0 Å².